The quantitative estimate of drug-likeness (QED) is 0.739. The zero-order valence-electron chi connectivity index (χ0n) is 8.92. The van der Waals surface area contributed by atoms with E-state index in [0.717, 1.165) is 12.1 Å². The van der Waals surface area contributed by atoms with Crippen molar-refractivity contribution in [2.75, 3.05) is 0 Å². The normalized spacial score (nSPS) is 21.8. The summed E-state index contributed by atoms with van der Waals surface area (Å²) in [4.78, 5) is 0. The summed E-state index contributed by atoms with van der Waals surface area (Å²) in [5.74, 6) is -2.45. The van der Waals surface area contributed by atoms with Gasteiger partial charge >= 0.3 is 0 Å². The number of rotatable bonds is 2. The predicted molar refractivity (Wildman–Crippen MR) is 54.1 cm³/mol. The van der Waals surface area contributed by atoms with E-state index in [9.17, 15) is 8.78 Å². The molecule has 2 nitrogen and oxygen atoms in total. The Hall–Kier alpha value is -0.930. The number of aryl methyl sites for hydroxylation is 1. The van der Waals surface area contributed by atoms with E-state index in [0.29, 0.717) is 12.8 Å². The van der Waals surface area contributed by atoms with E-state index in [1.807, 2.05) is 10.7 Å². The van der Waals surface area contributed by atoms with Gasteiger partial charge in [-0.2, -0.15) is 5.10 Å². The predicted octanol–water partition coefficient (Wildman–Crippen LogP) is 3.20. The Labute approximate surface area is 88.3 Å². The van der Waals surface area contributed by atoms with Crippen molar-refractivity contribution in [2.24, 2.45) is 0 Å². The smallest absolute Gasteiger partial charge is 0.248 e. The number of halogens is 2. The van der Waals surface area contributed by atoms with Crippen molar-refractivity contribution in [1.82, 2.24) is 9.78 Å². The third-order valence-corrected chi connectivity index (χ3v) is 3.15. The van der Waals surface area contributed by atoms with E-state index < -0.39 is 5.92 Å². The molecule has 84 valence electrons. The third kappa shape index (κ3) is 2.19. The summed E-state index contributed by atoms with van der Waals surface area (Å²) in [5.41, 5.74) is 1.14. The van der Waals surface area contributed by atoms with Gasteiger partial charge in [-0.05, 0) is 25.3 Å². The van der Waals surface area contributed by atoms with Crippen LogP contribution in [0.25, 0.3) is 0 Å². The maximum atomic E-state index is 13.0. The minimum atomic E-state index is -2.45. The van der Waals surface area contributed by atoms with Gasteiger partial charge in [0.2, 0.25) is 5.92 Å². The van der Waals surface area contributed by atoms with Crippen LogP contribution in [-0.4, -0.2) is 15.7 Å². The summed E-state index contributed by atoms with van der Waals surface area (Å²) in [6.45, 7) is 2.06. The van der Waals surface area contributed by atoms with E-state index in [1.165, 1.54) is 0 Å². The van der Waals surface area contributed by atoms with Gasteiger partial charge in [-0.1, -0.05) is 6.92 Å². The second kappa shape index (κ2) is 3.91. The Bertz CT molecular complexity index is 323. The van der Waals surface area contributed by atoms with Crippen LogP contribution in [0.4, 0.5) is 8.78 Å². The molecule has 15 heavy (non-hydrogen) atoms. The van der Waals surface area contributed by atoms with Crippen molar-refractivity contribution in [1.29, 1.82) is 0 Å². The first-order valence-electron chi connectivity index (χ1n) is 5.52. The van der Waals surface area contributed by atoms with Gasteiger partial charge in [0, 0.05) is 24.7 Å². The van der Waals surface area contributed by atoms with Crippen LogP contribution < -0.4 is 0 Å². The molecular formula is C11H16F2N2. The van der Waals surface area contributed by atoms with E-state index in [1.54, 1.807) is 6.20 Å². The van der Waals surface area contributed by atoms with Crippen LogP contribution in [0.15, 0.2) is 12.3 Å². The van der Waals surface area contributed by atoms with Crippen LogP contribution in [0.2, 0.25) is 0 Å². The summed E-state index contributed by atoms with van der Waals surface area (Å²) in [7, 11) is 0. The number of nitrogens with zero attached hydrogens (tertiary/aromatic N) is 2. The molecule has 1 fully saturated rings. The van der Waals surface area contributed by atoms with E-state index >= 15 is 0 Å². The molecule has 0 unspecified atom stereocenters. The molecule has 0 saturated heterocycles. The van der Waals surface area contributed by atoms with Gasteiger partial charge in [0.15, 0.2) is 0 Å². The van der Waals surface area contributed by atoms with Crippen molar-refractivity contribution >= 4 is 0 Å². The lowest BCUT2D eigenvalue weighted by Crippen LogP contribution is -2.27. The molecule has 0 N–H and O–H groups in total. The molecule has 4 heteroatoms. The zero-order chi connectivity index (χ0) is 10.9. The second-order valence-corrected chi connectivity index (χ2v) is 4.21. The fourth-order valence-corrected chi connectivity index (χ4v) is 2.22. The SMILES string of the molecule is CCc1ccnn1C1CCC(F)(F)CC1. The highest BCUT2D eigenvalue weighted by Gasteiger charge is 2.35. The van der Waals surface area contributed by atoms with Crippen molar-refractivity contribution in [3.63, 3.8) is 0 Å². The summed E-state index contributed by atoms with van der Waals surface area (Å²) in [6, 6.07) is 2.14. The Balaban J connectivity index is 2.07. The lowest BCUT2D eigenvalue weighted by Gasteiger charge is -2.29. The zero-order valence-corrected chi connectivity index (χ0v) is 8.92. The van der Waals surface area contributed by atoms with Crippen LogP contribution in [-0.2, 0) is 6.42 Å². The molecule has 1 aromatic heterocycles. The minimum absolute atomic E-state index is 0.000676. The van der Waals surface area contributed by atoms with Crippen molar-refractivity contribution in [3.8, 4) is 0 Å². The first-order chi connectivity index (χ1) is 7.12. The molecule has 2 rings (SSSR count). The number of alkyl halides is 2. The van der Waals surface area contributed by atoms with Gasteiger partial charge in [0.1, 0.15) is 0 Å². The highest BCUT2D eigenvalue weighted by molar-refractivity contribution is 5.02. The Morgan fingerprint density at radius 3 is 2.73 bits per heavy atom. The molecule has 0 radical (unpaired) electrons. The van der Waals surface area contributed by atoms with Gasteiger partial charge in [0.05, 0.1) is 6.04 Å². The first kappa shape index (κ1) is 10.6. The monoisotopic (exact) mass is 214 g/mol. The maximum Gasteiger partial charge on any atom is 0.248 e. The number of hydrogen-bond acceptors (Lipinski definition) is 1. The summed E-state index contributed by atoms with van der Waals surface area (Å²) in [5, 5.41) is 4.23. The Morgan fingerprint density at radius 2 is 2.13 bits per heavy atom. The average Bonchev–Trinajstić information content (AvgIpc) is 2.65. The molecule has 0 bridgehead atoms. The van der Waals surface area contributed by atoms with E-state index in [2.05, 4.69) is 12.0 Å². The average molecular weight is 214 g/mol. The number of aromatic nitrogens is 2. The largest absolute Gasteiger partial charge is 0.267 e. The topological polar surface area (TPSA) is 17.8 Å². The number of hydrogen-bond donors (Lipinski definition) is 0. The van der Waals surface area contributed by atoms with Crippen LogP contribution in [0.1, 0.15) is 44.3 Å². The standard InChI is InChI=1S/C11H16F2N2/c1-2-9-5-8-14-15(9)10-3-6-11(12,13)7-4-10/h5,8,10H,2-4,6-7H2,1H3. The van der Waals surface area contributed by atoms with Gasteiger partial charge in [-0.15, -0.1) is 0 Å². The van der Waals surface area contributed by atoms with Gasteiger partial charge in [-0.3, -0.25) is 4.68 Å². The van der Waals surface area contributed by atoms with E-state index in [4.69, 9.17) is 0 Å². The van der Waals surface area contributed by atoms with Crippen LogP contribution in [0.5, 0.6) is 0 Å². The molecular weight excluding hydrogens is 198 g/mol. The molecule has 1 aromatic rings. The minimum Gasteiger partial charge on any atom is -0.267 e. The highest BCUT2D eigenvalue weighted by atomic mass is 19.3. The summed E-state index contributed by atoms with van der Waals surface area (Å²) >= 11 is 0. The van der Waals surface area contributed by atoms with Crippen LogP contribution >= 0.6 is 0 Å². The summed E-state index contributed by atoms with van der Waals surface area (Å²) < 4.78 is 27.9. The Morgan fingerprint density at radius 1 is 1.47 bits per heavy atom. The molecule has 0 spiro atoms. The van der Waals surface area contributed by atoms with Crippen molar-refractivity contribution in [2.45, 2.75) is 51.0 Å². The van der Waals surface area contributed by atoms with Gasteiger partial charge < -0.3 is 0 Å². The lowest BCUT2D eigenvalue weighted by molar-refractivity contribution is -0.0452. The molecule has 0 atom stereocenters. The van der Waals surface area contributed by atoms with Crippen molar-refractivity contribution < 1.29 is 8.78 Å². The van der Waals surface area contributed by atoms with Crippen molar-refractivity contribution in [3.05, 3.63) is 18.0 Å². The molecule has 0 aromatic carbocycles. The fraction of sp³-hybridized carbons (Fsp3) is 0.727. The summed E-state index contributed by atoms with van der Waals surface area (Å²) in [6.07, 6.45) is 3.75. The molecule has 0 amide bonds. The first-order valence-corrected chi connectivity index (χ1v) is 5.52. The van der Waals surface area contributed by atoms with Gasteiger partial charge in [0.25, 0.3) is 0 Å². The Kier molecular flexibility index (Phi) is 2.76. The molecule has 1 aliphatic rings. The van der Waals surface area contributed by atoms with Crippen LogP contribution in [0.3, 0.4) is 0 Å². The van der Waals surface area contributed by atoms with Gasteiger partial charge in [-0.25, -0.2) is 8.78 Å². The van der Waals surface area contributed by atoms with E-state index in [-0.39, 0.29) is 18.9 Å². The highest BCUT2D eigenvalue weighted by Crippen LogP contribution is 2.38. The second-order valence-electron chi connectivity index (χ2n) is 4.21. The molecule has 1 saturated carbocycles. The molecule has 1 heterocycles. The fourth-order valence-electron chi connectivity index (χ4n) is 2.22. The third-order valence-electron chi connectivity index (χ3n) is 3.15. The lowest BCUT2D eigenvalue weighted by atomic mass is 9.92. The maximum absolute atomic E-state index is 13.0. The molecule has 0 aliphatic heterocycles. The van der Waals surface area contributed by atoms with Crippen LogP contribution in [0, 0.1) is 0 Å². The molecule has 1 aliphatic carbocycles.